The standard InChI is InChI=1S/C22H17N/c1-3-11-20(12-4-1)23(21-13-5-2-6-14-21)22-16-15-18-9-7-8-10-19(18)17-22/h1-17H. The summed E-state index contributed by atoms with van der Waals surface area (Å²) in [5, 5.41) is 2.51. The van der Waals surface area contributed by atoms with Gasteiger partial charge < -0.3 is 4.90 Å². The van der Waals surface area contributed by atoms with Crippen molar-refractivity contribution in [3.8, 4) is 0 Å². The Morgan fingerprint density at radius 2 is 0.913 bits per heavy atom. The first-order valence-corrected chi connectivity index (χ1v) is 7.81. The summed E-state index contributed by atoms with van der Waals surface area (Å²) in [5.74, 6) is 0. The molecule has 1 heteroatoms. The van der Waals surface area contributed by atoms with Crippen molar-refractivity contribution in [2.45, 2.75) is 0 Å². The molecule has 0 aromatic heterocycles. The van der Waals surface area contributed by atoms with Gasteiger partial charge in [-0.05, 0) is 47.2 Å². The number of nitrogens with zero attached hydrogens (tertiary/aromatic N) is 1. The maximum atomic E-state index is 2.28. The highest BCUT2D eigenvalue weighted by molar-refractivity contribution is 5.89. The molecule has 4 aromatic rings. The first-order valence-electron chi connectivity index (χ1n) is 7.81. The third-order valence-corrected chi connectivity index (χ3v) is 4.02. The van der Waals surface area contributed by atoms with Gasteiger partial charge in [0.15, 0.2) is 0 Å². The van der Waals surface area contributed by atoms with E-state index >= 15 is 0 Å². The minimum absolute atomic E-state index is 1.16. The van der Waals surface area contributed by atoms with Gasteiger partial charge in [0.2, 0.25) is 0 Å². The Morgan fingerprint density at radius 3 is 1.52 bits per heavy atom. The van der Waals surface area contributed by atoms with Crippen LogP contribution in [0.2, 0.25) is 0 Å². The highest BCUT2D eigenvalue weighted by atomic mass is 15.1. The second-order valence-electron chi connectivity index (χ2n) is 5.54. The summed E-state index contributed by atoms with van der Waals surface area (Å²) in [5.41, 5.74) is 3.49. The SMILES string of the molecule is c1ccc(N(c2ccccc2)c2ccc3ccccc3c2)cc1. The van der Waals surface area contributed by atoms with E-state index in [1.54, 1.807) is 0 Å². The van der Waals surface area contributed by atoms with E-state index in [0.717, 1.165) is 11.4 Å². The van der Waals surface area contributed by atoms with Crippen LogP contribution in [0.1, 0.15) is 0 Å². The van der Waals surface area contributed by atoms with Crippen LogP contribution in [0.15, 0.2) is 103 Å². The number of rotatable bonds is 3. The number of fused-ring (bicyclic) bond motifs is 1. The fourth-order valence-corrected chi connectivity index (χ4v) is 2.92. The number of hydrogen-bond acceptors (Lipinski definition) is 1. The smallest absolute Gasteiger partial charge is 0.0468 e. The second kappa shape index (κ2) is 5.98. The molecule has 0 N–H and O–H groups in total. The van der Waals surface area contributed by atoms with Gasteiger partial charge in [0.25, 0.3) is 0 Å². The fraction of sp³-hybridized carbons (Fsp3) is 0. The summed E-state index contributed by atoms with van der Waals surface area (Å²) < 4.78 is 0. The molecule has 0 amide bonds. The minimum atomic E-state index is 1.16. The van der Waals surface area contributed by atoms with Gasteiger partial charge in [-0.2, -0.15) is 0 Å². The van der Waals surface area contributed by atoms with Crippen molar-refractivity contribution >= 4 is 27.8 Å². The number of benzene rings is 4. The first kappa shape index (κ1) is 13.6. The van der Waals surface area contributed by atoms with Crippen LogP contribution >= 0.6 is 0 Å². The van der Waals surface area contributed by atoms with Crippen molar-refractivity contribution in [3.63, 3.8) is 0 Å². The molecule has 0 aliphatic rings. The average Bonchev–Trinajstić information content (AvgIpc) is 2.64. The van der Waals surface area contributed by atoms with E-state index in [1.807, 2.05) is 12.1 Å². The van der Waals surface area contributed by atoms with Crippen LogP contribution in [0.3, 0.4) is 0 Å². The van der Waals surface area contributed by atoms with Gasteiger partial charge in [-0.15, -0.1) is 0 Å². The van der Waals surface area contributed by atoms with Crippen LogP contribution in [-0.4, -0.2) is 0 Å². The Labute approximate surface area is 136 Å². The third kappa shape index (κ3) is 2.69. The zero-order valence-corrected chi connectivity index (χ0v) is 12.8. The molecule has 0 bridgehead atoms. The lowest BCUT2D eigenvalue weighted by Crippen LogP contribution is -2.09. The average molecular weight is 295 g/mol. The van der Waals surface area contributed by atoms with E-state index in [0.29, 0.717) is 0 Å². The summed E-state index contributed by atoms with van der Waals surface area (Å²) in [6, 6.07) is 36.0. The minimum Gasteiger partial charge on any atom is -0.310 e. The molecule has 23 heavy (non-hydrogen) atoms. The van der Waals surface area contributed by atoms with E-state index in [1.165, 1.54) is 16.5 Å². The van der Waals surface area contributed by atoms with Crippen LogP contribution in [0.5, 0.6) is 0 Å². The maximum Gasteiger partial charge on any atom is 0.0468 e. The van der Waals surface area contributed by atoms with E-state index in [9.17, 15) is 0 Å². The van der Waals surface area contributed by atoms with Crippen LogP contribution in [0, 0.1) is 0 Å². The normalized spacial score (nSPS) is 10.6. The lowest BCUT2D eigenvalue weighted by Gasteiger charge is -2.25. The fourth-order valence-electron chi connectivity index (χ4n) is 2.92. The zero-order valence-electron chi connectivity index (χ0n) is 12.8. The Hall–Kier alpha value is -3.06. The van der Waals surface area contributed by atoms with Crippen molar-refractivity contribution < 1.29 is 0 Å². The van der Waals surface area contributed by atoms with Gasteiger partial charge in [-0.3, -0.25) is 0 Å². The van der Waals surface area contributed by atoms with Crippen LogP contribution in [-0.2, 0) is 0 Å². The molecule has 0 saturated carbocycles. The lowest BCUT2D eigenvalue weighted by atomic mass is 10.1. The van der Waals surface area contributed by atoms with E-state index in [4.69, 9.17) is 0 Å². The Balaban J connectivity index is 1.90. The molecule has 1 nitrogen and oxygen atoms in total. The van der Waals surface area contributed by atoms with Gasteiger partial charge in [0.05, 0.1) is 0 Å². The molecule has 0 heterocycles. The summed E-state index contributed by atoms with van der Waals surface area (Å²) in [4.78, 5) is 2.28. The zero-order chi connectivity index (χ0) is 15.5. The van der Waals surface area contributed by atoms with E-state index in [2.05, 4.69) is 95.9 Å². The van der Waals surface area contributed by atoms with E-state index < -0.39 is 0 Å². The topological polar surface area (TPSA) is 3.24 Å². The second-order valence-corrected chi connectivity index (χ2v) is 5.54. The lowest BCUT2D eigenvalue weighted by molar-refractivity contribution is 1.29. The highest BCUT2D eigenvalue weighted by Gasteiger charge is 2.11. The van der Waals surface area contributed by atoms with Crippen LogP contribution < -0.4 is 4.90 Å². The monoisotopic (exact) mass is 295 g/mol. The highest BCUT2D eigenvalue weighted by Crippen LogP contribution is 2.35. The Kier molecular flexibility index (Phi) is 3.53. The molecular weight excluding hydrogens is 278 g/mol. The van der Waals surface area contributed by atoms with Gasteiger partial charge in [0, 0.05) is 17.1 Å². The molecule has 0 aliphatic heterocycles. The molecule has 0 radical (unpaired) electrons. The first-order chi connectivity index (χ1) is 11.4. The van der Waals surface area contributed by atoms with Gasteiger partial charge >= 0.3 is 0 Å². The van der Waals surface area contributed by atoms with Gasteiger partial charge in [-0.1, -0.05) is 66.7 Å². The molecule has 4 aromatic carbocycles. The number of hydrogen-bond donors (Lipinski definition) is 0. The summed E-state index contributed by atoms with van der Waals surface area (Å²) >= 11 is 0. The van der Waals surface area contributed by atoms with Crippen LogP contribution in [0.25, 0.3) is 10.8 Å². The molecule has 0 fully saturated rings. The summed E-state index contributed by atoms with van der Waals surface area (Å²) in [6.07, 6.45) is 0. The van der Waals surface area contributed by atoms with Crippen molar-refractivity contribution in [3.05, 3.63) is 103 Å². The van der Waals surface area contributed by atoms with Crippen molar-refractivity contribution in [2.24, 2.45) is 0 Å². The maximum absolute atomic E-state index is 2.28. The molecule has 0 atom stereocenters. The molecule has 4 rings (SSSR count). The Bertz CT molecular complexity index is 874. The quantitative estimate of drug-likeness (QED) is 0.428. The predicted molar refractivity (Wildman–Crippen MR) is 98.6 cm³/mol. The number of para-hydroxylation sites is 2. The molecule has 0 aliphatic carbocycles. The van der Waals surface area contributed by atoms with Crippen LogP contribution in [0.4, 0.5) is 17.1 Å². The molecule has 110 valence electrons. The predicted octanol–water partition coefficient (Wildman–Crippen LogP) is 6.31. The molecule has 0 unspecified atom stereocenters. The van der Waals surface area contributed by atoms with Gasteiger partial charge in [0.1, 0.15) is 0 Å². The molecule has 0 spiro atoms. The summed E-state index contributed by atoms with van der Waals surface area (Å²) in [7, 11) is 0. The molecule has 0 saturated heterocycles. The summed E-state index contributed by atoms with van der Waals surface area (Å²) in [6.45, 7) is 0. The Morgan fingerprint density at radius 1 is 0.391 bits per heavy atom. The third-order valence-electron chi connectivity index (χ3n) is 4.02. The van der Waals surface area contributed by atoms with Crippen molar-refractivity contribution in [1.82, 2.24) is 0 Å². The largest absolute Gasteiger partial charge is 0.310 e. The van der Waals surface area contributed by atoms with E-state index in [-0.39, 0.29) is 0 Å². The molecular formula is C22H17N. The van der Waals surface area contributed by atoms with Gasteiger partial charge in [-0.25, -0.2) is 0 Å². The van der Waals surface area contributed by atoms with Crippen molar-refractivity contribution in [1.29, 1.82) is 0 Å². The van der Waals surface area contributed by atoms with Crippen molar-refractivity contribution in [2.75, 3.05) is 4.90 Å². The number of anilines is 3.